The molecule has 0 aliphatic carbocycles. The average Bonchev–Trinajstić information content (AvgIpc) is 2.79. The molecule has 0 spiro atoms. The lowest BCUT2D eigenvalue weighted by molar-refractivity contribution is 0.0697. The summed E-state index contributed by atoms with van der Waals surface area (Å²) in [7, 11) is 0. The van der Waals surface area contributed by atoms with Gasteiger partial charge in [0.1, 0.15) is 0 Å². The minimum absolute atomic E-state index is 0.253. The average molecular weight is 317 g/mol. The molecule has 6 heteroatoms. The maximum absolute atomic E-state index is 10.8. The number of nitrogens with zero attached hydrogens (tertiary/aromatic N) is 1. The third kappa shape index (κ3) is 4.08. The van der Waals surface area contributed by atoms with Crippen molar-refractivity contribution in [2.75, 3.05) is 11.9 Å². The number of hydrogen-bond acceptors (Lipinski definition) is 2. The summed E-state index contributed by atoms with van der Waals surface area (Å²) in [5, 5.41) is 15.5. The van der Waals surface area contributed by atoms with Crippen molar-refractivity contribution >= 4 is 29.0 Å². The zero-order chi connectivity index (χ0) is 16.1. The number of anilines is 1. The fourth-order valence-electron chi connectivity index (χ4n) is 2.20. The summed E-state index contributed by atoms with van der Waals surface area (Å²) >= 11 is 5.23. The van der Waals surface area contributed by atoms with Gasteiger partial charge in [-0.15, -0.1) is 0 Å². The monoisotopic (exact) mass is 317 g/mol. The van der Waals surface area contributed by atoms with Crippen LogP contribution in [0.3, 0.4) is 0 Å². The van der Waals surface area contributed by atoms with E-state index in [9.17, 15) is 4.79 Å². The zero-order valence-electron chi connectivity index (χ0n) is 12.6. The summed E-state index contributed by atoms with van der Waals surface area (Å²) in [4.78, 5) is 10.8. The van der Waals surface area contributed by atoms with E-state index in [1.807, 2.05) is 0 Å². The van der Waals surface area contributed by atoms with Gasteiger partial charge in [0.05, 0.1) is 5.56 Å². The van der Waals surface area contributed by atoms with Gasteiger partial charge in [-0.2, -0.15) is 0 Å². The minimum atomic E-state index is -0.940. The summed E-state index contributed by atoms with van der Waals surface area (Å²) in [5.41, 5.74) is 3.46. The van der Waals surface area contributed by atoms with E-state index in [0.29, 0.717) is 5.11 Å². The lowest BCUT2D eigenvalue weighted by atomic mass is 10.2. The van der Waals surface area contributed by atoms with Crippen LogP contribution in [0.1, 0.15) is 21.7 Å². The number of aryl methyl sites for hydroxylation is 2. The summed E-state index contributed by atoms with van der Waals surface area (Å²) in [6.07, 6.45) is 0. The molecule has 0 amide bonds. The van der Waals surface area contributed by atoms with Gasteiger partial charge in [0.2, 0.25) is 0 Å². The van der Waals surface area contributed by atoms with Crippen LogP contribution in [0.15, 0.2) is 36.4 Å². The molecule has 0 saturated carbocycles. The van der Waals surface area contributed by atoms with Crippen LogP contribution >= 0.6 is 12.2 Å². The molecule has 0 fully saturated rings. The van der Waals surface area contributed by atoms with E-state index in [1.54, 1.807) is 24.3 Å². The topological polar surface area (TPSA) is 66.3 Å². The highest BCUT2D eigenvalue weighted by Gasteiger charge is 2.03. The van der Waals surface area contributed by atoms with E-state index in [-0.39, 0.29) is 5.56 Å². The van der Waals surface area contributed by atoms with E-state index < -0.39 is 5.97 Å². The first kappa shape index (κ1) is 16.0. The second kappa shape index (κ2) is 7.09. The van der Waals surface area contributed by atoms with Gasteiger partial charge in [-0.3, -0.25) is 0 Å². The quantitative estimate of drug-likeness (QED) is 0.740. The molecule has 0 saturated heterocycles. The molecule has 0 unspecified atom stereocenters. The van der Waals surface area contributed by atoms with Crippen LogP contribution in [0.25, 0.3) is 0 Å². The predicted molar refractivity (Wildman–Crippen MR) is 91.5 cm³/mol. The van der Waals surface area contributed by atoms with Gasteiger partial charge in [0, 0.05) is 30.2 Å². The molecule has 116 valence electrons. The Bertz CT molecular complexity index is 658. The van der Waals surface area contributed by atoms with Crippen LogP contribution in [0.2, 0.25) is 0 Å². The Morgan fingerprint density at radius 3 is 2.27 bits per heavy atom. The van der Waals surface area contributed by atoms with Gasteiger partial charge in [-0.1, -0.05) is 0 Å². The highest BCUT2D eigenvalue weighted by molar-refractivity contribution is 7.80. The lowest BCUT2D eigenvalue weighted by Crippen LogP contribution is -2.31. The second-order valence-electron chi connectivity index (χ2n) is 5.03. The van der Waals surface area contributed by atoms with E-state index in [2.05, 4.69) is 41.2 Å². The van der Waals surface area contributed by atoms with Crippen molar-refractivity contribution in [3.8, 4) is 0 Å². The van der Waals surface area contributed by atoms with Gasteiger partial charge < -0.3 is 20.3 Å². The lowest BCUT2D eigenvalue weighted by Gasteiger charge is -2.13. The number of hydrogen-bond donors (Lipinski definition) is 3. The third-order valence-corrected chi connectivity index (χ3v) is 3.67. The summed E-state index contributed by atoms with van der Waals surface area (Å²) < 4.78 is 2.22. The maximum Gasteiger partial charge on any atom is 0.335 e. The third-order valence-electron chi connectivity index (χ3n) is 3.43. The van der Waals surface area contributed by atoms with Crippen molar-refractivity contribution in [3.05, 3.63) is 53.3 Å². The molecule has 1 heterocycles. The molecule has 0 bridgehead atoms. The fourth-order valence-corrected chi connectivity index (χ4v) is 2.42. The molecule has 22 heavy (non-hydrogen) atoms. The van der Waals surface area contributed by atoms with Gasteiger partial charge >= 0.3 is 5.97 Å². The number of aromatic carboxylic acids is 1. The number of nitrogens with one attached hydrogen (secondary N) is 2. The molecule has 1 aromatic carbocycles. The van der Waals surface area contributed by atoms with Crippen molar-refractivity contribution < 1.29 is 9.90 Å². The van der Waals surface area contributed by atoms with Gasteiger partial charge in [-0.25, -0.2) is 4.79 Å². The Morgan fingerprint density at radius 2 is 1.73 bits per heavy atom. The number of carboxylic acid groups (broad SMARTS) is 1. The first-order valence-corrected chi connectivity index (χ1v) is 7.39. The van der Waals surface area contributed by atoms with Crippen molar-refractivity contribution in [2.24, 2.45) is 0 Å². The Balaban J connectivity index is 1.82. The number of aromatic nitrogens is 1. The van der Waals surface area contributed by atoms with Crippen molar-refractivity contribution in [2.45, 2.75) is 20.4 Å². The molecule has 0 atom stereocenters. The molecular formula is C16H19N3O2S. The smallest absolute Gasteiger partial charge is 0.335 e. The Hall–Kier alpha value is -2.34. The Kier molecular flexibility index (Phi) is 5.16. The molecule has 3 N–H and O–H groups in total. The molecule has 0 radical (unpaired) electrons. The molecule has 0 aliphatic heterocycles. The van der Waals surface area contributed by atoms with E-state index in [0.717, 1.165) is 18.8 Å². The van der Waals surface area contributed by atoms with Crippen LogP contribution in [0, 0.1) is 13.8 Å². The van der Waals surface area contributed by atoms with Crippen LogP contribution in [0.5, 0.6) is 0 Å². The van der Waals surface area contributed by atoms with Crippen LogP contribution in [0.4, 0.5) is 5.69 Å². The molecule has 2 rings (SSSR count). The SMILES string of the molecule is Cc1ccc(C)n1CCNC(=S)Nc1ccc(C(=O)O)cc1. The zero-order valence-corrected chi connectivity index (χ0v) is 13.4. The first-order valence-electron chi connectivity index (χ1n) is 6.98. The summed E-state index contributed by atoms with van der Waals surface area (Å²) in [6.45, 7) is 5.71. The van der Waals surface area contributed by atoms with Crippen LogP contribution in [-0.4, -0.2) is 27.3 Å². The molecule has 2 aromatic rings. The Morgan fingerprint density at radius 1 is 1.14 bits per heavy atom. The van der Waals surface area contributed by atoms with Crippen molar-refractivity contribution in [3.63, 3.8) is 0 Å². The highest BCUT2D eigenvalue weighted by Crippen LogP contribution is 2.09. The Labute approximate surface area is 135 Å². The first-order chi connectivity index (χ1) is 10.5. The fraction of sp³-hybridized carbons (Fsp3) is 0.250. The van der Waals surface area contributed by atoms with Gasteiger partial charge in [0.25, 0.3) is 0 Å². The normalized spacial score (nSPS) is 10.3. The summed E-state index contributed by atoms with van der Waals surface area (Å²) in [5.74, 6) is -0.940. The van der Waals surface area contributed by atoms with Crippen molar-refractivity contribution in [1.29, 1.82) is 0 Å². The van der Waals surface area contributed by atoms with Gasteiger partial charge in [0.15, 0.2) is 5.11 Å². The van der Waals surface area contributed by atoms with E-state index in [1.165, 1.54) is 11.4 Å². The van der Waals surface area contributed by atoms with Crippen LogP contribution in [-0.2, 0) is 6.54 Å². The number of carboxylic acids is 1. The maximum atomic E-state index is 10.8. The molecule has 1 aromatic heterocycles. The van der Waals surface area contributed by atoms with Crippen molar-refractivity contribution in [1.82, 2.24) is 9.88 Å². The number of benzene rings is 1. The number of thiocarbonyl (C=S) groups is 1. The molecule has 5 nitrogen and oxygen atoms in total. The summed E-state index contributed by atoms with van der Waals surface area (Å²) in [6, 6.07) is 10.7. The second-order valence-corrected chi connectivity index (χ2v) is 5.44. The van der Waals surface area contributed by atoms with E-state index >= 15 is 0 Å². The highest BCUT2D eigenvalue weighted by atomic mass is 32.1. The van der Waals surface area contributed by atoms with Crippen LogP contribution < -0.4 is 10.6 Å². The standard InChI is InChI=1S/C16H19N3O2S/c1-11-3-4-12(2)19(11)10-9-17-16(22)18-14-7-5-13(6-8-14)15(20)21/h3-8H,9-10H2,1-2H3,(H,20,21)(H2,17,18,22). The number of carbonyl (C=O) groups is 1. The minimum Gasteiger partial charge on any atom is -0.478 e. The predicted octanol–water partition coefficient (Wildman–Crippen LogP) is 2.79. The number of rotatable bonds is 5. The largest absolute Gasteiger partial charge is 0.478 e. The van der Waals surface area contributed by atoms with Gasteiger partial charge in [-0.05, 0) is 62.5 Å². The molecular weight excluding hydrogens is 298 g/mol. The molecule has 0 aliphatic rings. The van der Waals surface area contributed by atoms with E-state index in [4.69, 9.17) is 17.3 Å².